The highest BCUT2D eigenvalue weighted by atomic mass is 19.4. The number of halogens is 3. The minimum atomic E-state index is -4.07. The molecule has 1 heterocycles. The van der Waals surface area contributed by atoms with Gasteiger partial charge in [-0.2, -0.15) is 13.2 Å². The minimum Gasteiger partial charge on any atom is -0.385 e. The van der Waals surface area contributed by atoms with E-state index in [4.69, 9.17) is 4.74 Å². The Balaban J connectivity index is 2.13. The zero-order valence-electron chi connectivity index (χ0n) is 9.59. The van der Waals surface area contributed by atoms with E-state index in [1.165, 1.54) is 4.90 Å². The highest BCUT2D eigenvalue weighted by Crippen LogP contribution is 2.17. The van der Waals surface area contributed by atoms with Gasteiger partial charge in [0.05, 0.1) is 6.54 Å². The molecule has 0 unspecified atom stereocenters. The van der Waals surface area contributed by atoms with Gasteiger partial charge in [-0.25, -0.2) is 0 Å². The van der Waals surface area contributed by atoms with E-state index in [2.05, 4.69) is 4.90 Å². The molecule has 0 N–H and O–H groups in total. The SMILES string of the molecule is COCCCN1CCN(CC(F)(F)F)CC1. The number of hydrogen-bond acceptors (Lipinski definition) is 3. The van der Waals surface area contributed by atoms with Gasteiger partial charge in [-0.3, -0.25) is 4.90 Å². The van der Waals surface area contributed by atoms with Gasteiger partial charge in [-0.1, -0.05) is 0 Å². The molecule has 0 radical (unpaired) electrons. The fourth-order valence-corrected chi connectivity index (χ4v) is 1.86. The van der Waals surface area contributed by atoms with Gasteiger partial charge in [-0.05, 0) is 6.42 Å². The van der Waals surface area contributed by atoms with Gasteiger partial charge in [0, 0.05) is 46.4 Å². The molecule has 1 rings (SSSR count). The van der Waals surface area contributed by atoms with Gasteiger partial charge in [-0.15, -0.1) is 0 Å². The third kappa shape index (κ3) is 5.67. The van der Waals surface area contributed by atoms with Crippen LogP contribution in [0.2, 0.25) is 0 Å². The molecule has 1 saturated heterocycles. The van der Waals surface area contributed by atoms with Gasteiger partial charge in [0.25, 0.3) is 0 Å². The summed E-state index contributed by atoms with van der Waals surface area (Å²) in [4.78, 5) is 3.65. The molecule has 1 aliphatic rings. The maximum absolute atomic E-state index is 12.1. The molecule has 0 aromatic heterocycles. The van der Waals surface area contributed by atoms with Crippen LogP contribution in [-0.2, 0) is 4.74 Å². The second-order valence-electron chi connectivity index (χ2n) is 4.08. The molecule has 0 aromatic carbocycles. The van der Waals surface area contributed by atoms with Gasteiger partial charge < -0.3 is 9.64 Å². The van der Waals surface area contributed by atoms with Crippen LogP contribution in [0, 0.1) is 0 Å². The molecule has 0 amide bonds. The van der Waals surface area contributed by atoms with Crippen LogP contribution in [-0.4, -0.2) is 69.0 Å². The van der Waals surface area contributed by atoms with Crippen LogP contribution in [0.5, 0.6) is 0 Å². The molecule has 1 fully saturated rings. The Morgan fingerprint density at radius 3 is 2.12 bits per heavy atom. The summed E-state index contributed by atoms with van der Waals surface area (Å²) in [7, 11) is 1.65. The largest absolute Gasteiger partial charge is 0.401 e. The monoisotopic (exact) mass is 240 g/mol. The summed E-state index contributed by atoms with van der Waals surface area (Å²) in [5, 5.41) is 0. The molecule has 3 nitrogen and oxygen atoms in total. The second kappa shape index (κ2) is 6.42. The number of hydrogen-bond donors (Lipinski definition) is 0. The quantitative estimate of drug-likeness (QED) is 0.672. The average molecular weight is 240 g/mol. The van der Waals surface area contributed by atoms with Gasteiger partial charge in [0.15, 0.2) is 0 Å². The molecule has 1 aliphatic heterocycles. The van der Waals surface area contributed by atoms with Crippen LogP contribution < -0.4 is 0 Å². The summed E-state index contributed by atoms with van der Waals surface area (Å²) in [6, 6.07) is 0. The van der Waals surface area contributed by atoms with Crippen molar-refractivity contribution in [1.29, 1.82) is 0 Å². The molecule has 0 aromatic rings. The van der Waals surface area contributed by atoms with E-state index in [1.54, 1.807) is 7.11 Å². The van der Waals surface area contributed by atoms with Crippen LogP contribution in [0.25, 0.3) is 0 Å². The molecule has 0 bridgehead atoms. The van der Waals surface area contributed by atoms with E-state index >= 15 is 0 Å². The first-order chi connectivity index (χ1) is 7.51. The smallest absolute Gasteiger partial charge is 0.385 e. The van der Waals surface area contributed by atoms with Gasteiger partial charge in [0.2, 0.25) is 0 Å². The zero-order valence-corrected chi connectivity index (χ0v) is 9.59. The molecular formula is C10H19F3N2O. The second-order valence-corrected chi connectivity index (χ2v) is 4.08. The standard InChI is InChI=1S/C10H19F3N2O/c1-16-8-2-3-14-4-6-15(7-5-14)9-10(11,12)13/h2-9H2,1H3. The molecule has 0 spiro atoms. The Kier molecular flexibility index (Phi) is 5.51. The number of piperazine rings is 1. The Hall–Kier alpha value is -0.330. The molecule has 6 heteroatoms. The summed E-state index contributed by atoms with van der Waals surface area (Å²) in [5.74, 6) is 0. The van der Waals surface area contributed by atoms with Crippen molar-refractivity contribution < 1.29 is 17.9 Å². The van der Waals surface area contributed by atoms with E-state index in [1.807, 2.05) is 0 Å². The predicted octanol–water partition coefficient (Wildman–Crippen LogP) is 1.20. The molecule has 0 atom stereocenters. The highest BCUT2D eigenvalue weighted by Gasteiger charge is 2.31. The molecule has 0 aliphatic carbocycles. The third-order valence-corrected chi connectivity index (χ3v) is 2.69. The lowest BCUT2D eigenvalue weighted by molar-refractivity contribution is -0.149. The van der Waals surface area contributed by atoms with E-state index in [0.29, 0.717) is 19.7 Å². The first kappa shape index (κ1) is 13.7. The van der Waals surface area contributed by atoms with Crippen LogP contribution in [0.1, 0.15) is 6.42 Å². The Labute approximate surface area is 94.1 Å². The van der Waals surface area contributed by atoms with Crippen molar-refractivity contribution >= 4 is 0 Å². The Morgan fingerprint density at radius 1 is 1.06 bits per heavy atom. The number of nitrogens with zero attached hydrogens (tertiary/aromatic N) is 2. The lowest BCUT2D eigenvalue weighted by Crippen LogP contribution is -2.49. The zero-order chi connectivity index (χ0) is 12.0. The molecular weight excluding hydrogens is 221 g/mol. The van der Waals surface area contributed by atoms with E-state index in [0.717, 1.165) is 26.1 Å². The van der Waals surface area contributed by atoms with Crippen LogP contribution >= 0.6 is 0 Å². The molecule has 16 heavy (non-hydrogen) atoms. The van der Waals surface area contributed by atoms with Crippen LogP contribution in [0.4, 0.5) is 13.2 Å². The topological polar surface area (TPSA) is 15.7 Å². The molecule has 0 saturated carbocycles. The number of rotatable bonds is 5. The number of alkyl halides is 3. The van der Waals surface area contributed by atoms with Gasteiger partial charge >= 0.3 is 6.18 Å². The van der Waals surface area contributed by atoms with Crippen molar-refractivity contribution in [3.63, 3.8) is 0 Å². The number of ether oxygens (including phenoxy) is 1. The summed E-state index contributed by atoms with van der Waals surface area (Å²) in [6.45, 7) is 3.30. The van der Waals surface area contributed by atoms with Gasteiger partial charge in [0.1, 0.15) is 0 Å². The maximum Gasteiger partial charge on any atom is 0.401 e. The summed E-state index contributed by atoms with van der Waals surface area (Å²) in [5.41, 5.74) is 0. The average Bonchev–Trinajstić information content (AvgIpc) is 2.19. The van der Waals surface area contributed by atoms with Crippen molar-refractivity contribution in [2.75, 3.05) is 53.0 Å². The lowest BCUT2D eigenvalue weighted by Gasteiger charge is -2.34. The Bertz CT molecular complexity index is 191. The van der Waals surface area contributed by atoms with Crippen molar-refractivity contribution in [2.24, 2.45) is 0 Å². The third-order valence-electron chi connectivity index (χ3n) is 2.69. The first-order valence-corrected chi connectivity index (χ1v) is 5.51. The van der Waals surface area contributed by atoms with Crippen molar-refractivity contribution in [2.45, 2.75) is 12.6 Å². The Morgan fingerprint density at radius 2 is 1.62 bits per heavy atom. The molecule has 96 valence electrons. The summed E-state index contributed by atoms with van der Waals surface area (Å²) in [6.07, 6.45) is -3.13. The fraction of sp³-hybridized carbons (Fsp3) is 1.00. The van der Waals surface area contributed by atoms with Crippen molar-refractivity contribution in [3.05, 3.63) is 0 Å². The normalized spacial score (nSPS) is 20.2. The first-order valence-electron chi connectivity index (χ1n) is 5.51. The fourth-order valence-electron chi connectivity index (χ4n) is 1.86. The van der Waals surface area contributed by atoms with Crippen molar-refractivity contribution in [3.8, 4) is 0 Å². The number of methoxy groups -OCH3 is 1. The van der Waals surface area contributed by atoms with Crippen LogP contribution in [0.3, 0.4) is 0 Å². The highest BCUT2D eigenvalue weighted by molar-refractivity contribution is 4.73. The van der Waals surface area contributed by atoms with Crippen molar-refractivity contribution in [1.82, 2.24) is 9.80 Å². The lowest BCUT2D eigenvalue weighted by atomic mass is 10.3. The van der Waals surface area contributed by atoms with E-state index < -0.39 is 12.7 Å². The van der Waals surface area contributed by atoms with E-state index in [9.17, 15) is 13.2 Å². The summed E-state index contributed by atoms with van der Waals surface area (Å²) >= 11 is 0. The summed E-state index contributed by atoms with van der Waals surface area (Å²) < 4.78 is 41.3. The predicted molar refractivity (Wildman–Crippen MR) is 55.4 cm³/mol. The minimum absolute atomic E-state index is 0.506. The van der Waals surface area contributed by atoms with E-state index in [-0.39, 0.29) is 0 Å². The maximum atomic E-state index is 12.1. The van der Waals surface area contributed by atoms with Crippen LogP contribution in [0.15, 0.2) is 0 Å².